The number of methoxy groups -OCH3 is 1. The zero-order chi connectivity index (χ0) is 8.85. The van der Waals surface area contributed by atoms with E-state index in [4.69, 9.17) is 9.84 Å². The van der Waals surface area contributed by atoms with Crippen molar-refractivity contribution in [2.75, 3.05) is 7.11 Å². The van der Waals surface area contributed by atoms with Crippen molar-refractivity contribution >= 4 is 11.8 Å². The van der Waals surface area contributed by atoms with Gasteiger partial charge in [0, 0.05) is 13.5 Å². The van der Waals surface area contributed by atoms with E-state index >= 15 is 0 Å². The Bertz CT molecular complexity index is 153. The fourth-order valence-electron chi connectivity index (χ4n) is 0.645. The van der Waals surface area contributed by atoms with E-state index < -0.39 is 12.4 Å². The maximum Gasteiger partial charge on any atom is 0.310 e. The first-order valence-electron chi connectivity index (χ1n) is 3.32. The maximum absolute atomic E-state index is 10.8. The Hall–Kier alpha value is -0.900. The first-order chi connectivity index (χ1) is 5.06. The normalized spacial score (nSPS) is 12.5. The monoisotopic (exact) mass is 160 g/mol. The smallest absolute Gasteiger partial charge is 0.310 e. The lowest BCUT2D eigenvalue weighted by molar-refractivity contribution is -0.140. The number of carbonyl (C=O) groups excluding carboxylic acids is 1. The van der Waals surface area contributed by atoms with E-state index in [1.807, 2.05) is 0 Å². The van der Waals surface area contributed by atoms with Gasteiger partial charge in [0.15, 0.2) is 0 Å². The Morgan fingerprint density at radius 2 is 2.09 bits per heavy atom. The Morgan fingerprint density at radius 1 is 1.55 bits per heavy atom. The van der Waals surface area contributed by atoms with Crippen molar-refractivity contribution in [1.82, 2.24) is 0 Å². The molecule has 1 N–H and O–H groups in total. The second-order valence-electron chi connectivity index (χ2n) is 2.36. The van der Waals surface area contributed by atoms with Crippen molar-refractivity contribution in [3.63, 3.8) is 0 Å². The van der Waals surface area contributed by atoms with Crippen LogP contribution < -0.4 is 0 Å². The molecule has 0 fully saturated rings. The van der Waals surface area contributed by atoms with Crippen molar-refractivity contribution < 1.29 is 19.4 Å². The Labute approximate surface area is 65.2 Å². The average molecular weight is 160 g/mol. The van der Waals surface area contributed by atoms with Crippen LogP contribution in [0.25, 0.3) is 0 Å². The Balaban J connectivity index is 3.60. The molecule has 0 radical (unpaired) electrons. The summed E-state index contributed by atoms with van der Waals surface area (Å²) in [6.07, 6.45) is -0.432. The number of ether oxygens (including phenoxy) is 1. The third kappa shape index (κ3) is 5.54. The summed E-state index contributed by atoms with van der Waals surface area (Å²) in [5.41, 5.74) is 0. The highest BCUT2D eigenvalue weighted by molar-refractivity contribution is 5.94. The molecule has 0 aromatic heterocycles. The van der Waals surface area contributed by atoms with Gasteiger partial charge in [0.1, 0.15) is 12.2 Å². The van der Waals surface area contributed by atoms with Crippen LogP contribution in [0.1, 0.15) is 19.8 Å². The molecule has 4 heteroatoms. The van der Waals surface area contributed by atoms with E-state index in [0.29, 0.717) is 0 Å². The minimum Gasteiger partial charge on any atom is -0.481 e. The van der Waals surface area contributed by atoms with Crippen LogP contribution in [0.15, 0.2) is 0 Å². The number of aliphatic carboxylic acids is 1. The SMILES string of the molecule is COC(C)CC(=O)CC(=O)O. The molecule has 0 saturated heterocycles. The summed E-state index contributed by atoms with van der Waals surface area (Å²) in [6.45, 7) is 1.72. The predicted octanol–water partition coefficient (Wildman–Crippen LogP) is 0.455. The summed E-state index contributed by atoms with van der Waals surface area (Å²) in [5.74, 6) is -1.38. The molecule has 0 aromatic carbocycles. The van der Waals surface area contributed by atoms with E-state index in [2.05, 4.69) is 0 Å². The summed E-state index contributed by atoms with van der Waals surface area (Å²) in [7, 11) is 1.48. The van der Waals surface area contributed by atoms with E-state index in [9.17, 15) is 9.59 Å². The van der Waals surface area contributed by atoms with Gasteiger partial charge < -0.3 is 9.84 Å². The first kappa shape index (κ1) is 10.1. The van der Waals surface area contributed by atoms with Gasteiger partial charge in [-0.05, 0) is 6.92 Å². The zero-order valence-electron chi connectivity index (χ0n) is 6.66. The summed E-state index contributed by atoms with van der Waals surface area (Å²) < 4.78 is 4.79. The van der Waals surface area contributed by atoms with Gasteiger partial charge in [0.2, 0.25) is 0 Å². The Kier molecular flexibility index (Phi) is 4.45. The minimum atomic E-state index is -1.08. The number of hydrogen-bond donors (Lipinski definition) is 1. The van der Waals surface area contributed by atoms with Crippen molar-refractivity contribution in [2.45, 2.75) is 25.9 Å². The van der Waals surface area contributed by atoms with Gasteiger partial charge in [-0.3, -0.25) is 9.59 Å². The molecule has 0 amide bonds. The molecule has 0 heterocycles. The molecule has 1 unspecified atom stereocenters. The molecule has 0 aliphatic carbocycles. The van der Waals surface area contributed by atoms with Crippen LogP contribution in [-0.4, -0.2) is 30.1 Å². The molecule has 1 atom stereocenters. The lowest BCUT2D eigenvalue weighted by Crippen LogP contribution is -2.14. The third-order valence-electron chi connectivity index (χ3n) is 1.27. The lowest BCUT2D eigenvalue weighted by Gasteiger charge is -2.05. The van der Waals surface area contributed by atoms with Crippen LogP contribution in [0.4, 0.5) is 0 Å². The van der Waals surface area contributed by atoms with Gasteiger partial charge in [0.05, 0.1) is 6.10 Å². The highest BCUT2D eigenvalue weighted by Crippen LogP contribution is 1.98. The van der Waals surface area contributed by atoms with Crippen LogP contribution >= 0.6 is 0 Å². The van der Waals surface area contributed by atoms with E-state index in [-0.39, 0.29) is 18.3 Å². The predicted molar refractivity (Wildman–Crippen MR) is 38.3 cm³/mol. The van der Waals surface area contributed by atoms with Gasteiger partial charge in [-0.2, -0.15) is 0 Å². The standard InChI is InChI=1S/C7H12O4/c1-5(11-2)3-6(8)4-7(9)10/h5H,3-4H2,1-2H3,(H,9,10). The van der Waals surface area contributed by atoms with Gasteiger partial charge >= 0.3 is 5.97 Å². The van der Waals surface area contributed by atoms with Gasteiger partial charge in [-0.1, -0.05) is 0 Å². The number of hydrogen-bond acceptors (Lipinski definition) is 3. The van der Waals surface area contributed by atoms with E-state index in [1.54, 1.807) is 6.92 Å². The molecule has 0 saturated carbocycles. The second kappa shape index (κ2) is 4.85. The molecule has 0 aliphatic rings. The second-order valence-corrected chi connectivity index (χ2v) is 2.36. The number of rotatable bonds is 5. The minimum absolute atomic E-state index is 0.169. The maximum atomic E-state index is 10.8. The molecule has 0 bridgehead atoms. The number of carbonyl (C=O) groups is 2. The number of carboxylic acid groups (broad SMARTS) is 1. The van der Waals surface area contributed by atoms with Gasteiger partial charge in [-0.25, -0.2) is 0 Å². The molecule has 4 nitrogen and oxygen atoms in total. The highest BCUT2D eigenvalue weighted by Gasteiger charge is 2.11. The summed E-state index contributed by atoms with van der Waals surface area (Å²) in [6, 6.07) is 0. The average Bonchev–Trinajstić information content (AvgIpc) is 1.85. The summed E-state index contributed by atoms with van der Waals surface area (Å²) in [4.78, 5) is 20.8. The van der Waals surface area contributed by atoms with Crippen LogP contribution in [0.3, 0.4) is 0 Å². The number of ketones is 1. The molecule has 64 valence electrons. The molecule has 0 spiro atoms. The number of Topliss-reactive ketones (excluding diaryl/α,β-unsaturated/α-hetero) is 1. The lowest BCUT2D eigenvalue weighted by atomic mass is 10.1. The molecule has 0 aromatic rings. The summed E-state index contributed by atoms with van der Waals surface area (Å²) >= 11 is 0. The first-order valence-corrected chi connectivity index (χ1v) is 3.32. The molecular weight excluding hydrogens is 148 g/mol. The fourth-order valence-corrected chi connectivity index (χ4v) is 0.645. The van der Waals surface area contributed by atoms with Crippen LogP contribution in [-0.2, 0) is 14.3 Å². The Morgan fingerprint density at radius 3 is 2.45 bits per heavy atom. The quantitative estimate of drug-likeness (QED) is 0.593. The van der Waals surface area contributed by atoms with Crippen molar-refractivity contribution in [3.05, 3.63) is 0 Å². The largest absolute Gasteiger partial charge is 0.481 e. The zero-order valence-corrected chi connectivity index (χ0v) is 6.66. The van der Waals surface area contributed by atoms with Crippen LogP contribution in [0, 0.1) is 0 Å². The van der Waals surface area contributed by atoms with Crippen molar-refractivity contribution in [1.29, 1.82) is 0 Å². The van der Waals surface area contributed by atoms with E-state index in [1.165, 1.54) is 7.11 Å². The van der Waals surface area contributed by atoms with Gasteiger partial charge in [0.25, 0.3) is 0 Å². The van der Waals surface area contributed by atoms with Gasteiger partial charge in [-0.15, -0.1) is 0 Å². The topological polar surface area (TPSA) is 63.6 Å². The van der Waals surface area contributed by atoms with Crippen LogP contribution in [0.5, 0.6) is 0 Å². The summed E-state index contributed by atoms with van der Waals surface area (Å²) in [5, 5.41) is 8.21. The highest BCUT2D eigenvalue weighted by atomic mass is 16.5. The van der Waals surface area contributed by atoms with E-state index in [0.717, 1.165) is 0 Å². The number of carboxylic acids is 1. The third-order valence-corrected chi connectivity index (χ3v) is 1.27. The van der Waals surface area contributed by atoms with Crippen molar-refractivity contribution in [3.8, 4) is 0 Å². The fraction of sp³-hybridized carbons (Fsp3) is 0.714. The molecule has 11 heavy (non-hydrogen) atoms. The molecule has 0 aliphatic heterocycles. The van der Waals surface area contributed by atoms with Crippen molar-refractivity contribution in [2.24, 2.45) is 0 Å². The molecule has 0 rings (SSSR count). The van der Waals surface area contributed by atoms with Crippen LogP contribution in [0.2, 0.25) is 0 Å². The molecular formula is C7H12O4.